The first-order valence-corrected chi connectivity index (χ1v) is 7.10. The highest BCUT2D eigenvalue weighted by Crippen LogP contribution is 2.06. The number of hydrogen-bond acceptors (Lipinski definition) is 3. The van der Waals surface area contributed by atoms with E-state index in [4.69, 9.17) is 5.11 Å². The van der Waals surface area contributed by atoms with E-state index in [9.17, 15) is 9.59 Å². The van der Waals surface area contributed by atoms with Gasteiger partial charge in [0.2, 0.25) is 0 Å². The third kappa shape index (κ3) is 6.42. The van der Waals surface area contributed by atoms with Crippen molar-refractivity contribution in [1.82, 2.24) is 15.1 Å². The molecule has 0 atom stereocenters. The van der Waals surface area contributed by atoms with Crippen LogP contribution in [-0.2, 0) is 4.79 Å². The average molecular weight is 271 g/mol. The van der Waals surface area contributed by atoms with Crippen molar-refractivity contribution < 1.29 is 14.7 Å². The van der Waals surface area contributed by atoms with Gasteiger partial charge >= 0.3 is 12.0 Å². The van der Waals surface area contributed by atoms with Gasteiger partial charge in [-0.1, -0.05) is 6.92 Å². The van der Waals surface area contributed by atoms with E-state index in [0.717, 1.165) is 32.5 Å². The molecule has 19 heavy (non-hydrogen) atoms. The lowest BCUT2D eigenvalue weighted by atomic mass is 10.4. The Morgan fingerprint density at radius 1 is 1.32 bits per heavy atom. The normalized spacial score (nSPS) is 15.4. The molecule has 1 fully saturated rings. The van der Waals surface area contributed by atoms with Gasteiger partial charge in [0.25, 0.3) is 0 Å². The van der Waals surface area contributed by atoms with Crippen LogP contribution >= 0.6 is 0 Å². The molecule has 1 aliphatic rings. The van der Waals surface area contributed by atoms with Gasteiger partial charge < -0.3 is 20.2 Å². The molecule has 0 unspecified atom stereocenters. The summed E-state index contributed by atoms with van der Waals surface area (Å²) in [5.74, 6) is -0.972. The second-order valence-corrected chi connectivity index (χ2v) is 4.95. The average Bonchev–Trinajstić information content (AvgIpc) is 2.86. The number of nitrogens with one attached hydrogen (secondary N) is 1. The van der Waals surface area contributed by atoms with E-state index in [-0.39, 0.29) is 12.6 Å². The molecule has 6 heteroatoms. The molecular weight excluding hydrogens is 246 g/mol. The first-order chi connectivity index (χ1) is 9.13. The molecule has 1 aliphatic heterocycles. The van der Waals surface area contributed by atoms with Crippen molar-refractivity contribution in [3.63, 3.8) is 0 Å². The standard InChI is InChI=1S/C13H25N3O3/c1-2-7-16(11-12(17)18)13(19)14-6-5-10-15-8-3-4-9-15/h2-11H2,1H3,(H,14,19)(H,17,18). The maximum absolute atomic E-state index is 11.8. The first-order valence-electron chi connectivity index (χ1n) is 7.10. The summed E-state index contributed by atoms with van der Waals surface area (Å²) in [7, 11) is 0. The summed E-state index contributed by atoms with van der Waals surface area (Å²) in [6, 6.07) is -0.273. The molecule has 0 saturated carbocycles. The van der Waals surface area contributed by atoms with Gasteiger partial charge in [0.15, 0.2) is 0 Å². The number of amides is 2. The molecule has 0 aromatic rings. The summed E-state index contributed by atoms with van der Waals surface area (Å²) in [4.78, 5) is 26.2. The molecule has 0 bridgehead atoms. The fourth-order valence-electron chi connectivity index (χ4n) is 2.30. The number of carboxylic acids is 1. The van der Waals surface area contributed by atoms with E-state index < -0.39 is 5.97 Å². The SMILES string of the molecule is CCCN(CC(=O)O)C(=O)NCCCN1CCCC1. The van der Waals surface area contributed by atoms with E-state index in [1.165, 1.54) is 17.7 Å². The van der Waals surface area contributed by atoms with E-state index in [0.29, 0.717) is 13.1 Å². The maximum Gasteiger partial charge on any atom is 0.323 e. The number of urea groups is 1. The maximum atomic E-state index is 11.8. The Kier molecular flexibility index (Phi) is 7.25. The second-order valence-electron chi connectivity index (χ2n) is 4.95. The van der Waals surface area contributed by atoms with Crippen molar-refractivity contribution in [3.05, 3.63) is 0 Å². The summed E-state index contributed by atoms with van der Waals surface area (Å²) in [5.41, 5.74) is 0. The van der Waals surface area contributed by atoms with E-state index in [1.54, 1.807) is 0 Å². The zero-order chi connectivity index (χ0) is 14.1. The van der Waals surface area contributed by atoms with Crippen molar-refractivity contribution in [1.29, 1.82) is 0 Å². The Morgan fingerprint density at radius 2 is 2.00 bits per heavy atom. The lowest BCUT2D eigenvalue weighted by Gasteiger charge is -2.21. The molecule has 0 radical (unpaired) electrons. The topological polar surface area (TPSA) is 72.9 Å². The largest absolute Gasteiger partial charge is 0.480 e. The van der Waals surface area contributed by atoms with Crippen LogP contribution < -0.4 is 5.32 Å². The van der Waals surface area contributed by atoms with Crippen LogP contribution in [0.1, 0.15) is 32.6 Å². The lowest BCUT2D eigenvalue weighted by molar-refractivity contribution is -0.137. The van der Waals surface area contributed by atoms with Crippen LogP contribution in [0.15, 0.2) is 0 Å². The predicted molar refractivity (Wildman–Crippen MR) is 73.2 cm³/mol. The van der Waals surface area contributed by atoms with Crippen LogP contribution in [0.25, 0.3) is 0 Å². The molecule has 1 saturated heterocycles. The smallest absolute Gasteiger partial charge is 0.323 e. The quantitative estimate of drug-likeness (QED) is 0.645. The Labute approximate surface area is 114 Å². The molecule has 110 valence electrons. The number of hydrogen-bond donors (Lipinski definition) is 2. The zero-order valence-corrected chi connectivity index (χ0v) is 11.7. The number of likely N-dealkylation sites (tertiary alicyclic amines) is 1. The zero-order valence-electron chi connectivity index (χ0n) is 11.7. The van der Waals surface area contributed by atoms with Crippen molar-refractivity contribution in [2.45, 2.75) is 32.6 Å². The predicted octanol–water partition coefficient (Wildman–Crippen LogP) is 0.979. The monoisotopic (exact) mass is 271 g/mol. The van der Waals surface area contributed by atoms with Crippen molar-refractivity contribution in [2.75, 3.05) is 39.3 Å². The van der Waals surface area contributed by atoms with Gasteiger partial charge in [0.1, 0.15) is 6.54 Å². The van der Waals surface area contributed by atoms with E-state index >= 15 is 0 Å². The Balaban J connectivity index is 2.17. The fraction of sp³-hybridized carbons (Fsp3) is 0.846. The summed E-state index contributed by atoms with van der Waals surface area (Å²) in [5, 5.41) is 11.5. The fourth-order valence-corrected chi connectivity index (χ4v) is 2.30. The number of aliphatic carboxylic acids is 1. The van der Waals surface area contributed by atoms with E-state index in [2.05, 4.69) is 10.2 Å². The third-order valence-corrected chi connectivity index (χ3v) is 3.23. The summed E-state index contributed by atoms with van der Waals surface area (Å²) >= 11 is 0. The molecule has 2 N–H and O–H groups in total. The van der Waals surface area contributed by atoms with Crippen molar-refractivity contribution >= 4 is 12.0 Å². The minimum atomic E-state index is -0.972. The van der Waals surface area contributed by atoms with E-state index in [1.807, 2.05) is 6.92 Å². The number of nitrogens with zero attached hydrogens (tertiary/aromatic N) is 2. The van der Waals surface area contributed by atoms with Gasteiger partial charge in [0.05, 0.1) is 0 Å². The molecule has 0 aromatic carbocycles. The second kappa shape index (κ2) is 8.74. The molecular formula is C13H25N3O3. The first kappa shape index (κ1) is 15.8. The summed E-state index contributed by atoms with van der Waals surface area (Å²) in [6.07, 6.45) is 4.22. The molecule has 0 aromatic heterocycles. The molecule has 1 rings (SSSR count). The Bertz CT molecular complexity index is 291. The molecule has 2 amide bonds. The van der Waals surface area contributed by atoms with Gasteiger partial charge in [-0.25, -0.2) is 4.79 Å². The highest BCUT2D eigenvalue weighted by molar-refractivity contribution is 5.80. The van der Waals surface area contributed by atoms with Gasteiger partial charge in [-0.05, 0) is 45.3 Å². The minimum Gasteiger partial charge on any atom is -0.480 e. The molecule has 0 aliphatic carbocycles. The Hall–Kier alpha value is -1.30. The van der Waals surface area contributed by atoms with Crippen LogP contribution in [0.2, 0.25) is 0 Å². The van der Waals surface area contributed by atoms with Crippen molar-refractivity contribution in [3.8, 4) is 0 Å². The summed E-state index contributed by atoms with van der Waals surface area (Å²) < 4.78 is 0. The highest BCUT2D eigenvalue weighted by atomic mass is 16.4. The summed E-state index contributed by atoms with van der Waals surface area (Å²) in [6.45, 7) is 6.11. The Morgan fingerprint density at radius 3 is 2.58 bits per heavy atom. The van der Waals surface area contributed by atoms with Gasteiger partial charge in [-0.2, -0.15) is 0 Å². The van der Waals surface area contributed by atoms with Crippen LogP contribution in [0, 0.1) is 0 Å². The number of carbonyl (C=O) groups excluding carboxylic acids is 1. The van der Waals surface area contributed by atoms with Crippen LogP contribution in [0.3, 0.4) is 0 Å². The number of carboxylic acid groups (broad SMARTS) is 1. The number of rotatable bonds is 8. The molecule has 0 spiro atoms. The van der Waals surface area contributed by atoms with Crippen molar-refractivity contribution in [2.24, 2.45) is 0 Å². The van der Waals surface area contributed by atoms with Crippen LogP contribution in [-0.4, -0.2) is 66.2 Å². The highest BCUT2D eigenvalue weighted by Gasteiger charge is 2.15. The van der Waals surface area contributed by atoms with Gasteiger partial charge in [-0.3, -0.25) is 4.79 Å². The molecule has 1 heterocycles. The molecule has 6 nitrogen and oxygen atoms in total. The lowest BCUT2D eigenvalue weighted by Crippen LogP contribution is -2.43. The van der Waals surface area contributed by atoms with Gasteiger partial charge in [-0.15, -0.1) is 0 Å². The third-order valence-electron chi connectivity index (χ3n) is 3.23. The minimum absolute atomic E-state index is 0.230. The number of carbonyl (C=O) groups is 2. The van der Waals surface area contributed by atoms with Gasteiger partial charge in [0, 0.05) is 13.1 Å². The van der Waals surface area contributed by atoms with Crippen LogP contribution in [0.4, 0.5) is 4.79 Å². The van der Waals surface area contributed by atoms with Crippen LogP contribution in [0.5, 0.6) is 0 Å².